The van der Waals surface area contributed by atoms with Gasteiger partial charge in [-0.1, -0.05) is 43.2 Å². The molecule has 3 aliphatic carbocycles. The Morgan fingerprint density at radius 3 is 2.44 bits per heavy atom. The van der Waals surface area contributed by atoms with Crippen LogP contribution in [0.2, 0.25) is 0 Å². The molecule has 7 rings (SSSR count). The van der Waals surface area contributed by atoms with Crippen LogP contribution in [0.3, 0.4) is 0 Å². The molecule has 0 radical (unpaired) electrons. The number of nitrogens with two attached hydrogens (primary N) is 1. The Labute approximate surface area is 229 Å². The van der Waals surface area contributed by atoms with E-state index in [0.29, 0.717) is 17.8 Å². The second-order valence-corrected chi connectivity index (χ2v) is 11.3. The summed E-state index contributed by atoms with van der Waals surface area (Å²) >= 11 is 0. The fourth-order valence-electron chi connectivity index (χ4n) is 6.63. The molecule has 0 amide bonds. The Morgan fingerprint density at radius 2 is 1.54 bits per heavy atom. The Bertz CT molecular complexity index is 1490. The Morgan fingerprint density at radius 1 is 0.744 bits per heavy atom. The molecule has 0 saturated heterocycles. The third-order valence-corrected chi connectivity index (χ3v) is 8.69. The molecule has 1 unspecified atom stereocenters. The minimum absolute atomic E-state index is 0.288. The van der Waals surface area contributed by atoms with Gasteiger partial charge in [0, 0.05) is 23.3 Å². The summed E-state index contributed by atoms with van der Waals surface area (Å²) in [5.74, 6) is 1.34. The van der Waals surface area contributed by atoms with Crippen LogP contribution < -0.4 is 16.4 Å². The van der Waals surface area contributed by atoms with Crippen molar-refractivity contribution in [1.29, 1.82) is 0 Å². The fourth-order valence-corrected chi connectivity index (χ4v) is 6.63. The normalized spacial score (nSPS) is 19.0. The lowest BCUT2D eigenvalue weighted by molar-refractivity contribution is 0.398. The maximum absolute atomic E-state index is 6.30. The predicted octanol–water partition coefficient (Wildman–Crippen LogP) is 5.32. The second kappa shape index (κ2) is 10.4. The highest BCUT2D eigenvalue weighted by Crippen LogP contribution is 2.32. The molecule has 4 N–H and O–H groups in total. The molecule has 2 heterocycles. The van der Waals surface area contributed by atoms with E-state index in [2.05, 4.69) is 79.4 Å². The third-order valence-electron chi connectivity index (χ3n) is 8.69. The van der Waals surface area contributed by atoms with E-state index >= 15 is 0 Å². The molecule has 1 atom stereocenters. The molecule has 39 heavy (non-hydrogen) atoms. The van der Waals surface area contributed by atoms with E-state index in [0.717, 1.165) is 49.5 Å². The van der Waals surface area contributed by atoms with Crippen LogP contribution >= 0.6 is 0 Å². The number of aryl methyl sites for hydroxylation is 4. The highest BCUT2D eigenvalue weighted by Gasteiger charge is 2.22. The second-order valence-electron chi connectivity index (χ2n) is 11.3. The van der Waals surface area contributed by atoms with Gasteiger partial charge in [0.2, 0.25) is 11.9 Å². The molecular weight excluding hydrogens is 484 g/mol. The van der Waals surface area contributed by atoms with Crippen LogP contribution in [0.25, 0.3) is 17.1 Å². The molecule has 0 spiro atoms. The highest BCUT2D eigenvalue weighted by atomic mass is 15.4. The van der Waals surface area contributed by atoms with E-state index in [1.807, 2.05) is 0 Å². The van der Waals surface area contributed by atoms with Gasteiger partial charge in [-0.2, -0.15) is 9.67 Å². The maximum atomic E-state index is 6.30. The molecule has 200 valence electrons. The number of rotatable bonds is 5. The zero-order valence-electron chi connectivity index (χ0n) is 22.4. The maximum Gasteiger partial charge on any atom is 0.248 e. The van der Waals surface area contributed by atoms with Gasteiger partial charge >= 0.3 is 0 Å². The summed E-state index contributed by atoms with van der Waals surface area (Å²) in [5.41, 5.74) is 14.8. The van der Waals surface area contributed by atoms with E-state index in [-0.39, 0.29) is 5.95 Å². The number of nitrogen functional groups attached to an aromatic ring is 1. The SMILES string of the molecule is Nc1nc(Nc2ccc3c(c2)CCC(NC2CCCC2)CC3)nn1-c1cc2c(nn1)-c1ccccc1CCC2. The van der Waals surface area contributed by atoms with Gasteiger partial charge < -0.3 is 16.4 Å². The molecule has 2 aromatic carbocycles. The van der Waals surface area contributed by atoms with Crippen LogP contribution in [-0.2, 0) is 25.7 Å². The van der Waals surface area contributed by atoms with Crippen molar-refractivity contribution >= 4 is 17.6 Å². The number of nitrogens with zero attached hydrogens (tertiary/aromatic N) is 5. The van der Waals surface area contributed by atoms with Crippen LogP contribution in [0.5, 0.6) is 0 Å². The number of fused-ring (bicyclic) bond motifs is 4. The van der Waals surface area contributed by atoms with Crippen molar-refractivity contribution in [3.05, 3.63) is 70.8 Å². The first-order valence-electron chi connectivity index (χ1n) is 14.5. The molecule has 1 fully saturated rings. The summed E-state index contributed by atoms with van der Waals surface area (Å²) in [7, 11) is 0. The summed E-state index contributed by atoms with van der Waals surface area (Å²) in [6, 6.07) is 18.5. The lowest BCUT2D eigenvalue weighted by Gasteiger charge is -2.21. The predicted molar refractivity (Wildman–Crippen MR) is 154 cm³/mol. The van der Waals surface area contributed by atoms with Crippen molar-refractivity contribution in [2.24, 2.45) is 0 Å². The first kappa shape index (κ1) is 24.3. The summed E-state index contributed by atoms with van der Waals surface area (Å²) in [4.78, 5) is 4.49. The van der Waals surface area contributed by atoms with Crippen LogP contribution in [-0.4, -0.2) is 37.0 Å². The van der Waals surface area contributed by atoms with Gasteiger partial charge in [0.15, 0.2) is 5.82 Å². The molecule has 0 aliphatic heterocycles. The van der Waals surface area contributed by atoms with Gasteiger partial charge in [0.1, 0.15) is 0 Å². The number of hydrogen-bond donors (Lipinski definition) is 3. The molecule has 8 heteroatoms. The molecular formula is C31H36N8. The fraction of sp³-hybridized carbons (Fsp3) is 0.419. The van der Waals surface area contributed by atoms with Gasteiger partial charge in [-0.15, -0.1) is 15.3 Å². The molecule has 0 bridgehead atoms. The quantitative estimate of drug-likeness (QED) is 0.306. The monoisotopic (exact) mass is 520 g/mol. The average molecular weight is 521 g/mol. The van der Waals surface area contributed by atoms with Crippen LogP contribution in [0.15, 0.2) is 48.5 Å². The van der Waals surface area contributed by atoms with Gasteiger partial charge in [-0.05, 0) is 98.2 Å². The topological polar surface area (TPSA) is 107 Å². The summed E-state index contributed by atoms with van der Waals surface area (Å²) in [6.07, 6.45) is 13.1. The van der Waals surface area contributed by atoms with Crippen LogP contribution in [0, 0.1) is 0 Å². The Hall–Kier alpha value is -3.78. The van der Waals surface area contributed by atoms with Crippen LogP contribution in [0.4, 0.5) is 17.6 Å². The van der Waals surface area contributed by atoms with Crippen LogP contribution in [0.1, 0.15) is 67.2 Å². The number of benzene rings is 2. The summed E-state index contributed by atoms with van der Waals surface area (Å²) in [6.45, 7) is 0. The smallest absolute Gasteiger partial charge is 0.248 e. The number of aromatic nitrogens is 5. The van der Waals surface area contributed by atoms with Gasteiger partial charge in [-0.3, -0.25) is 0 Å². The third kappa shape index (κ3) is 5.01. The van der Waals surface area contributed by atoms with E-state index in [4.69, 9.17) is 5.73 Å². The molecule has 1 saturated carbocycles. The molecule has 8 nitrogen and oxygen atoms in total. The van der Waals surface area contributed by atoms with Crippen molar-refractivity contribution in [2.45, 2.75) is 82.7 Å². The molecule has 4 aromatic rings. The summed E-state index contributed by atoms with van der Waals surface area (Å²) < 4.78 is 1.58. The van der Waals surface area contributed by atoms with E-state index < -0.39 is 0 Å². The van der Waals surface area contributed by atoms with E-state index in [1.165, 1.54) is 66.3 Å². The van der Waals surface area contributed by atoms with Crippen molar-refractivity contribution in [2.75, 3.05) is 11.1 Å². The number of hydrogen-bond acceptors (Lipinski definition) is 7. The largest absolute Gasteiger partial charge is 0.368 e. The highest BCUT2D eigenvalue weighted by molar-refractivity contribution is 5.68. The zero-order valence-corrected chi connectivity index (χ0v) is 22.4. The minimum atomic E-state index is 0.288. The minimum Gasteiger partial charge on any atom is -0.368 e. The van der Waals surface area contributed by atoms with Gasteiger partial charge in [0.25, 0.3) is 0 Å². The first-order valence-corrected chi connectivity index (χ1v) is 14.5. The zero-order chi connectivity index (χ0) is 26.2. The van der Waals surface area contributed by atoms with Gasteiger partial charge in [-0.25, -0.2) is 0 Å². The van der Waals surface area contributed by atoms with Crippen molar-refractivity contribution < 1.29 is 0 Å². The standard InChI is InChI=1S/C31H36N8/c32-30-35-31(34-26-17-13-20-12-15-25(16-14-22(20)18-26)33-24-9-2-3-10-24)38-39(30)28-19-23-8-5-7-21-6-1-4-11-27(21)29(23)37-36-28/h1,4,6,11,13,17-19,24-25,33H,2-3,5,7-10,12,14-16H2,(H3,32,34,35,38). The van der Waals surface area contributed by atoms with Gasteiger partial charge in [0.05, 0.1) is 5.69 Å². The average Bonchev–Trinajstić information content (AvgIpc) is 3.49. The Kier molecular flexibility index (Phi) is 6.48. The molecule has 3 aliphatic rings. The van der Waals surface area contributed by atoms with Crippen molar-refractivity contribution in [1.82, 2.24) is 30.3 Å². The van der Waals surface area contributed by atoms with Crippen molar-refractivity contribution in [3.8, 4) is 17.1 Å². The Balaban J connectivity index is 1.08. The van der Waals surface area contributed by atoms with E-state index in [1.54, 1.807) is 4.68 Å². The van der Waals surface area contributed by atoms with E-state index in [9.17, 15) is 0 Å². The van der Waals surface area contributed by atoms with Crippen molar-refractivity contribution in [3.63, 3.8) is 0 Å². The molecule has 2 aromatic heterocycles. The first-order chi connectivity index (χ1) is 19.2. The number of nitrogens with one attached hydrogen (secondary N) is 2. The number of anilines is 3. The lowest BCUT2D eigenvalue weighted by atomic mass is 10.0. The summed E-state index contributed by atoms with van der Waals surface area (Å²) in [5, 5.41) is 21.1. The lowest BCUT2D eigenvalue weighted by Crippen LogP contribution is -2.36.